The summed E-state index contributed by atoms with van der Waals surface area (Å²) in [4.78, 5) is 39.2. The Kier molecular flexibility index (Phi) is 6.15. The van der Waals surface area contributed by atoms with E-state index in [1.807, 2.05) is 31.2 Å². The summed E-state index contributed by atoms with van der Waals surface area (Å²) in [5.74, 6) is -0.739. The van der Waals surface area contributed by atoms with E-state index in [0.717, 1.165) is 11.1 Å². The maximum Gasteiger partial charge on any atom is 0.314 e. The number of likely N-dealkylation sites (tertiary alicyclic amines) is 1. The quantitative estimate of drug-likeness (QED) is 0.598. The lowest BCUT2D eigenvalue weighted by molar-refractivity contribution is -0.158. The summed E-state index contributed by atoms with van der Waals surface area (Å²) in [6.45, 7) is 6.33. The number of amides is 1. The Balaban J connectivity index is 1.88. The number of benzene rings is 1. The van der Waals surface area contributed by atoms with Gasteiger partial charge in [-0.1, -0.05) is 24.3 Å². The molecule has 7 nitrogen and oxygen atoms in total. The van der Waals surface area contributed by atoms with Crippen LogP contribution in [0, 0.1) is 12.3 Å². The SMILES string of the molecule is CCOC(=O)[C@]1(Cc2ccccc2C)CCCN(C(=O)c2cc(C(C)=O)n[nH]2)C1. The van der Waals surface area contributed by atoms with E-state index in [1.54, 1.807) is 11.8 Å². The van der Waals surface area contributed by atoms with Gasteiger partial charge in [-0.2, -0.15) is 5.10 Å². The Labute approximate surface area is 170 Å². The van der Waals surface area contributed by atoms with Crippen molar-refractivity contribution in [3.8, 4) is 0 Å². The molecule has 2 aromatic rings. The van der Waals surface area contributed by atoms with Crippen molar-refractivity contribution in [3.05, 3.63) is 52.8 Å². The normalized spacial score (nSPS) is 19.1. The molecule has 1 N–H and O–H groups in total. The van der Waals surface area contributed by atoms with E-state index in [-0.39, 0.29) is 35.6 Å². The van der Waals surface area contributed by atoms with E-state index < -0.39 is 5.41 Å². The van der Waals surface area contributed by atoms with Crippen molar-refractivity contribution >= 4 is 17.7 Å². The number of Topliss-reactive ketones (excluding diaryl/α,β-unsaturated/α-hetero) is 1. The van der Waals surface area contributed by atoms with Gasteiger partial charge >= 0.3 is 5.97 Å². The number of ketones is 1. The average molecular weight is 397 g/mol. The van der Waals surface area contributed by atoms with E-state index in [9.17, 15) is 14.4 Å². The monoisotopic (exact) mass is 397 g/mol. The molecule has 1 atom stereocenters. The van der Waals surface area contributed by atoms with Gasteiger partial charge in [-0.05, 0) is 50.3 Å². The zero-order valence-electron chi connectivity index (χ0n) is 17.2. The van der Waals surface area contributed by atoms with Gasteiger partial charge in [-0.15, -0.1) is 0 Å². The highest BCUT2D eigenvalue weighted by Gasteiger charge is 2.45. The standard InChI is InChI=1S/C22H27N3O4/c1-4-29-21(28)22(13-17-9-6-5-8-15(17)2)10-7-11-25(14-22)20(27)19-12-18(16(3)26)23-24-19/h5-6,8-9,12H,4,7,10-11,13-14H2,1-3H3,(H,23,24)/t22-/m0/s1. The van der Waals surface area contributed by atoms with Gasteiger partial charge in [0.15, 0.2) is 5.78 Å². The van der Waals surface area contributed by atoms with Gasteiger partial charge in [0.2, 0.25) is 0 Å². The Hall–Kier alpha value is -2.96. The van der Waals surface area contributed by atoms with Crippen LogP contribution in [0.1, 0.15) is 58.8 Å². The zero-order valence-corrected chi connectivity index (χ0v) is 17.2. The third kappa shape index (κ3) is 4.39. The number of hydrogen-bond donors (Lipinski definition) is 1. The number of H-pyrrole nitrogens is 1. The minimum absolute atomic E-state index is 0.209. The van der Waals surface area contributed by atoms with Crippen LogP contribution in [0.5, 0.6) is 0 Å². The third-order valence-electron chi connectivity index (χ3n) is 5.53. The van der Waals surface area contributed by atoms with Gasteiger partial charge in [-0.25, -0.2) is 0 Å². The summed E-state index contributed by atoms with van der Waals surface area (Å²) in [6, 6.07) is 9.43. The van der Waals surface area contributed by atoms with Crippen LogP contribution < -0.4 is 0 Å². The van der Waals surface area contributed by atoms with Crippen molar-refractivity contribution in [3.63, 3.8) is 0 Å². The number of aromatic nitrogens is 2. The topological polar surface area (TPSA) is 92.4 Å². The number of carbonyl (C=O) groups is 3. The maximum atomic E-state index is 13.0. The summed E-state index contributed by atoms with van der Waals surface area (Å²) >= 11 is 0. The molecule has 1 aliphatic heterocycles. The molecular weight excluding hydrogens is 370 g/mol. The molecule has 0 spiro atoms. The minimum Gasteiger partial charge on any atom is -0.466 e. The van der Waals surface area contributed by atoms with Crippen LogP contribution in [0.25, 0.3) is 0 Å². The molecule has 0 aliphatic carbocycles. The van der Waals surface area contributed by atoms with Gasteiger partial charge in [0.25, 0.3) is 5.91 Å². The second-order valence-electron chi connectivity index (χ2n) is 7.66. The van der Waals surface area contributed by atoms with Crippen molar-refractivity contribution in [2.24, 2.45) is 5.41 Å². The number of esters is 1. The first-order valence-electron chi connectivity index (χ1n) is 9.93. The van der Waals surface area contributed by atoms with Crippen molar-refractivity contribution in [2.45, 2.75) is 40.0 Å². The molecule has 1 aliphatic rings. The lowest BCUT2D eigenvalue weighted by atomic mass is 9.74. The van der Waals surface area contributed by atoms with Crippen molar-refractivity contribution in [1.29, 1.82) is 0 Å². The average Bonchev–Trinajstić information content (AvgIpc) is 3.20. The number of piperidine rings is 1. The zero-order chi connectivity index (χ0) is 21.0. The van der Waals surface area contributed by atoms with Crippen LogP contribution >= 0.6 is 0 Å². The van der Waals surface area contributed by atoms with Crippen LogP contribution in [0.4, 0.5) is 0 Å². The molecule has 0 unspecified atom stereocenters. The lowest BCUT2D eigenvalue weighted by Crippen LogP contribution is -2.51. The van der Waals surface area contributed by atoms with E-state index in [0.29, 0.717) is 32.4 Å². The number of nitrogens with zero attached hydrogens (tertiary/aromatic N) is 2. The number of ether oxygens (including phenoxy) is 1. The van der Waals surface area contributed by atoms with Crippen molar-refractivity contribution in [1.82, 2.24) is 15.1 Å². The molecule has 1 fully saturated rings. The fourth-order valence-electron chi connectivity index (χ4n) is 3.93. The first kappa shape index (κ1) is 20.8. The first-order valence-corrected chi connectivity index (χ1v) is 9.93. The van der Waals surface area contributed by atoms with Gasteiger partial charge in [0.1, 0.15) is 11.4 Å². The highest BCUT2D eigenvalue weighted by atomic mass is 16.5. The van der Waals surface area contributed by atoms with Crippen LogP contribution in [-0.2, 0) is 16.0 Å². The van der Waals surface area contributed by atoms with Crippen LogP contribution in [-0.4, -0.2) is 52.5 Å². The van der Waals surface area contributed by atoms with E-state index in [2.05, 4.69) is 10.2 Å². The number of aryl methyl sites for hydroxylation is 1. The van der Waals surface area contributed by atoms with Gasteiger partial charge in [0, 0.05) is 20.0 Å². The van der Waals surface area contributed by atoms with Gasteiger partial charge in [0.05, 0.1) is 12.0 Å². The highest BCUT2D eigenvalue weighted by Crippen LogP contribution is 2.36. The summed E-state index contributed by atoms with van der Waals surface area (Å²) in [5.41, 5.74) is 1.88. The van der Waals surface area contributed by atoms with Crippen LogP contribution in [0.15, 0.2) is 30.3 Å². The largest absolute Gasteiger partial charge is 0.466 e. The van der Waals surface area contributed by atoms with Gasteiger partial charge in [-0.3, -0.25) is 19.5 Å². The number of nitrogens with one attached hydrogen (secondary N) is 1. The lowest BCUT2D eigenvalue weighted by Gasteiger charge is -2.41. The number of aromatic amines is 1. The van der Waals surface area contributed by atoms with Crippen LogP contribution in [0.2, 0.25) is 0 Å². The van der Waals surface area contributed by atoms with E-state index >= 15 is 0 Å². The molecule has 1 aromatic heterocycles. The summed E-state index contributed by atoms with van der Waals surface area (Å²) < 4.78 is 5.42. The Bertz CT molecular complexity index is 920. The Morgan fingerprint density at radius 1 is 1.28 bits per heavy atom. The summed E-state index contributed by atoms with van der Waals surface area (Å²) in [6.07, 6.45) is 1.87. The molecule has 29 heavy (non-hydrogen) atoms. The van der Waals surface area contributed by atoms with Gasteiger partial charge < -0.3 is 9.64 Å². The molecule has 1 amide bonds. The smallest absolute Gasteiger partial charge is 0.314 e. The van der Waals surface area contributed by atoms with E-state index in [4.69, 9.17) is 4.74 Å². The van der Waals surface area contributed by atoms with E-state index in [1.165, 1.54) is 13.0 Å². The number of rotatable bonds is 6. The Morgan fingerprint density at radius 2 is 2.03 bits per heavy atom. The number of hydrogen-bond acceptors (Lipinski definition) is 5. The first-order chi connectivity index (χ1) is 13.9. The maximum absolute atomic E-state index is 13.0. The van der Waals surface area contributed by atoms with Crippen LogP contribution in [0.3, 0.4) is 0 Å². The molecule has 0 bridgehead atoms. The molecule has 1 aromatic carbocycles. The Morgan fingerprint density at radius 3 is 2.69 bits per heavy atom. The predicted molar refractivity (Wildman–Crippen MR) is 108 cm³/mol. The number of carbonyl (C=O) groups excluding carboxylic acids is 3. The second kappa shape index (κ2) is 8.59. The van der Waals surface area contributed by atoms with Crippen molar-refractivity contribution < 1.29 is 19.1 Å². The minimum atomic E-state index is -0.792. The molecule has 0 radical (unpaired) electrons. The summed E-state index contributed by atoms with van der Waals surface area (Å²) in [5, 5.41) is 6.54. The molecule has 7 heteroatoms. The molecule has 1 saturated heterocycles. The third-order valence-corrected chi connectivity index (χ3v) is 5.53. The molecule has 2 heterocycles. The highest BCUT2D eigenvalue weighted by molar-refractivity contribution is 5.97. The fraction of sp³-hybridized carbons (Fsp3) is 0.455. The molecule has 0 saturated carbocycles. The molecule has 154 valence electrons. The summed E-state index contributed by atoms with van der Waals surface area (Å²) in [7, 11) is 0. The molecule has 3 rings (SSSR count). The van der Waals surface area contributed by atoms with Crippen molar-refractivity contribution in [2.75, 3.05) is 19.7 Å². The molecular formula is C22H27N3O4. The second-order valence-corrected chi connectivity index (χ2v) is 7.66. The predicted octanol–water partition coefficient (Wildman–Crippen LogP) is 2.95. The fourth-order valence-corrected chi connectivity index (χ4v) is 3.93.